The lowest BCUT2D eigenvalue weighted by atomic mass is 9.95. The van der Waals surface area contributed by atoms with E-state index in [-0.39, 0.29) is 12.0 Å². The molecule has 1 saturated heterocycles. The molecule has 0 aromatic heterocycles. The van der Waals surface area contributed by atoms with Crippen LogP contribution in [0.5, 0.6) is 0 Å². The molecular formula is C45H45N3O. The summed E-state index contributed by atoms with van der Waals surface area (Å²) in [6.45, 7) is 15.2. The second-order valence-electron chi connectivity index (χ2n) is 11.8. The van der Waals surface area contributed by atoms with E-state index in [9.17, 15) is 0 Å². The highest BCUT2D eigenvalue weighted by atomic mass is 16.5. The Morgan fingerprint density at radius 3 is 2.69 bits per heavy atom. The molecule has 4 heteroatoms. The van der Waals surface area contributed by atoms with Crippen LogP contribution in [-0.2, 0) is 4.74 Å². The van der Waals surface area contributed by atoms with Crippen molar-refractivity contribution in [1.82, 2.24) is 0 Å². The molecule has 2 aromatic rings. The zero-order valence-corrected chi connectivity index (χ0v) is 28.5. The fourth-order valence-electron chi connectivity index (χ4n) is 5.68. The highest BCUT2D eigenvalue weighted by Gasteiger charge is 2.31. The van der Waals surface area contributed by atoms with E-state index in [0.717, 1.165) is 51.7 Å². The monoisotopic (exact) mass is 643 g/mol. The number of aliphatic imine (C=N–C) groups is 1. The Morgan fingerprint density at radius 2 is 1.90 bits per heavy atom. The third kappa shape index (κ3) is 8.94. The third-order valence-corrected chi connectivity index (χ3v) is 8.46. The Bertz CT molecular complexity index is 1900. The van der Waals surface area contributed by atoms with Crippen molar-refractivity contribution in [3.8, 4) is 0 Å². The van der Waals surface area contributed by atoms with Gasteiger partial charge in [-0.3, -0.25) is 4.99 Å². The van der Waals surface area contributed by atoms with Crippen molar-refractivity contribution in [2.24, 2.45) is 10.9 Å². The third-order valence-electron chi connectivity index (χ3n) is 8.46. The van der Waals surface area contributed by atoms with Gasteiger partial charge in [0.2, 0.25) is 0 Å². The first kappa shape index (κ1) is 34.5. The summed E-state index contributed by atoms with van der Waals surface area (Å²) in [7, 11) is 1.93. The molecule has 2 unspecified atom stereocenters. The summed E-state index contributed by atoms with van der Waals surface area (Å²) < 4.78 is 6.13. The Balaban J connectivity index is 1.23. The van der Waals surface area contributed by atoms with Crippen LogP contribution < -0.4 is 10.2 Å². The first-order chi connectivity index (χ1) is 24.0. The second-order valence-corrected chi connectivity index (χ2v) is 11.8. The molecule has 0 amide bonds. The fourth-order valence-corrected chi connectivity index (χ4v) is 5.68. The number of rotatable bonds is 13. The van der Waals surface area contributed by atoms with Gasteiger partial charge in [-0.25, -0.2) is 0 Å². The number of anilines is 2. The number of para-hydroxylation sites is 1. The Hall–Kier alpha value is -5.87. The molecule has 5 rings (SSSR count). The van der Waals surface area contributed by atoms with Crippen molar-refractivity contribution in [2.75, 3.05) is 23.8 Å². The zero-order valence-electron chi connectivity index (χ0n) is 28.5. The van der Waals surface area contributed by atoms with Crippen LogP contribution in [0.15, 0.2) is 194 Å². The maximum atomic E-state index is 6.13. The molecule has 2 heterocycles. The lowest BCUT2D eigenvalue weighted by Crippen LogP contribution is -2.33. The molecule has 49 heavy (non-hydrogen) atoms. The van der Waals surface area contributed by atoms with Crippen molar-refractivity contribution in [1.29, 1.82) is 0 Å². The average Bonchev–Trinajstić information content (AvgIpc) is 3.66. The molecule has 3 aliphatic rings. The summed E-state index contributed by atoms with van der Waals surface area (Å²) in [4.78, 5) is 6.96. The Morgan fingerprint density at radius 1 is 1.02 bits per heavy atom. The number of allylic oxidation sites excluding steroid dienone is 18. The summed E-state index contributed by atoms with van der Waals surface area (Å²) >= 11 is 0. The van der Waals surface area contributed by atoms with Gasteiger partial charge in [-0.2, -0.15) is 0 Å². The first-order valence-corrected chi connectivity index (χ1v) is 16.7. The van der Waals surface area contributed by atoms with Crippen LogP contribution in [0.25, 0.3) is 11.1 Å². The summed E-state index contributed by atoms with van der Waals surface area (Å²) in [6, 6.07) is 14.8. The number of hydrogen-bond acceptors (Lipinski definition) is 4. The van der Waals surface area contributed by atoms with Gasteiger partial charge < -0.3 is 15.0 Å². The van der Waals surface area contributed by atoms with Crippen LogP contribution >= 0.6 is 0 Å². The van der Waals surface area contributed by atoms with Gasteiger partial charge in [0, 0.05) is 35.8 Å². The largest absolute Gasteiger partial charge is 0.490 e. The molecule has 2 aromatic carbocycles. The fraction of sp³-hybridized carbons (Fsp3) is 0.133. The predicted octanol–water partition coefficient (Wildman–Crippen LogP) is 10.9. The number of benzene rings is 2. The predicted molar refractivity (Wildman–Crippen MR) is 213 cm³/mol. The highest BCUT2D eigenvalue weighted by molar-refractivity contribution is 6.12. The number of nitrogens with zero attached hydrogens (tertiary/aromatic N) is 2. The average molecular weight is 644 g/mol. The van der Waals surface area contributed by atoms with Gasteiger partial charge in [-0.05, 0) is 65.6 Å². The molecule has 0 bridgehead atoms. The molecule has 2 aliphatic heterocycles. The van der Waals surface area contributed by atoms with Gasteiger partial charge in [-0.1, -0.05) is 136 Å². The van der Waals surface area contributed by atoms with E-state index in [4.69, 9.17) is 9.73 Å². The van der Waals surface area contributed by atoms with Gasteiger partial charge in [0.1, 0.15) is 11.9 Å². The SMILES string of the molecule is C=C/C=C\C=CC/N=C(/C=C/C=C\C1O/C(=C\C=C/C(=C)N2/C=C\C=C/C(=C)c3ccc(C4=CC=CC4)cc32)C1C)c1ccccc1NC. The summed E-state index contributed by atoms with van der Waals surface area (Å²) in [6.07, 6.45) is 39.4. The topological polar surface area (TPSA) is 36.9 Å². The van der Waals surface area contributed by atoms with Gasteiger partial charge in [-0.15, -0.1) is 0 Å². The maximum Gasteiger partial charge on any atom is 0.126 e. The lowest BCUT2D eigenvalue weighted by molar-refractivity contribution is -0.000497. The molecule has 1 N–H and O–H groups in total. The second kappa shape index (κ2) is 17.3. The minimum atomic E-state index is 0.0110. The first-order valence-electron chi connectivity index (χ1n) is 16.7. The van der Waals surface area contributed by atoms with E-state index in [0.29, 0.717) is 6.54 Å². The molecule has 0 spiro atoms. The van der Waals surface area contributed by atoms with Crippen molar-refractivity contribution >= 4 is 28.2 Å². The van der Waals surface area contributed by atoms with Crippen LogP contribution in [0.1, 0.15) is 30.0 Å². The minimum Gasteiger partial charge on any atom is -0.490 e. The number of fused-ring (bicyclic) bond motifs is 1. The molecule has 4 nitrogen and oxygen atoms in total. The van der Waals surface area contributed by atoms with Crippen LogP contribution in [-0.4, -0.2) is 25.4 Å². The van der Waals surface area contributed by atoms with E-state index in [1.165, 1.54) is 11.1 Å². The summed E-state index contributed by atoms with van der Waals surface area (Å²) in [5, 5.41) is 3.27. The van der Waals surface area contributed by atoms with Crippen molar-refractivity contribution in [2.45, 2.75) is 19.4 Å². The molecular weight excluding hydrogens is 599 g/mol. The molecule has 1 aliphatic carbocycles. The van der Waals surface area contributed by atoms with E-state index >= 15 is 0 Å². The molecule has 0 saturated carbocycles. The summed E-state index contributed by atoms with van der Waals surface area (Å²) in [5.74, 6) is 1.22. The number of hydrogen-bond donors (Lipinski definition) is 1. The van der Waals surface area contributed by atoms with Gasteiger partial charge >= 0.3 is 0 Å². The number of ether oxygens (including phenoxy) is 1. The van der Waals surface area contributed by atoms with E-state index < -0.39 is 0 Å². The van der Waals surface area contributed by atoms with Gasteiger partial charge in [0.25, 0.3) is 0 Å². The molecule has 246 valence electrons. The molecule has 2 atom stereocenters. The van der Waals surface area contributed by atoms with Gasteiger partial charge in [0.05, 0.1) is 23.9 Å². The van der Waals surface area contributed by atoms with Crippen molar-refractivity contribution in [3.63, 3.8) is 0 Å². The van der Waals surface area contributed by atoms with Crippen LogP contribution in [0, 0.1) is 5.92 Å². The normalized spacial score (nSPS) is 21.3. The smallest absolute Gasteiger partial charge is 0.126 e. The van der Waals surface area contributed by atoms with Crippen molar-refractivity contribution < 1.29 is 4.74 Å². The summed E-state index contributed by atoms with van der Waals surface area (Å²) in [5.41, 5.74) is 9.47. The number of nitrogens with one attached hydrogen (secondary N) is 1. The van der Waals surface area contributed by atoms with Crippen LogP contribution in [0.4, 0.5) is 11.4 Å². The lowest BCUT2D eigenvalue weighted by Gasteiger charge is -2.35. The van der Waals surface area contributed by atoms with Crippen molar-refractivity contribution in [3.05, 3.63) is 206 Å². The quantitative estimate of drug-likeness (QED) is 0.174. The van der Waals surface area contributed by atoms with E-state index in [1.807, 2.05) is 98.2 Å². The Kier molecular flexibility index (Phi) is 12.2. The standard InChI is InChI=1S/C45H45N3O/c1-6-7-8-9-17-31-47-42(40-24-12-13-25-41(40)46-5)26-14-15-27-44-36(4)45(49-44)28-19-21-35(3)48-32-18-16-20-34(2)39-30-29-38(33-43(39)48)37-22-10-11-23-37/h6-22,24-30,32-33,36,44,46H,1-3,23,31H2,4-5H3/b8-7-,17-9?,20-16-,21-19-,26-14+,27-15-,32-18-,45-28-,47-42-. The van der Waals surface area contributed by atoms with Crippen LogP contribution in [0.2, 0.25) is 0 Å². The highest BCUT2D eigenvalue weighted by Crippen LogP contribution is 2.36. The molecule has 0 radical (unpaired) electrons. The minimum absolute atomic E-state index is 0.0110. The Labute approximate surface area is 292 Å². The van der Waals surface area contributed by atoms with E-state index in [2.05, 4.69) is 97.7 Å². The zero-order chi connectivity index (χ0) is 34.4. The maximum absolute atomic E-state index is 6.13. The van der Waals surface area contributed by atoms with Crippen LogP contribution in [0.3, 0.4) is 0 Å². The molecule has 1 fully saturated rings. The van der Waals surface area contributed by atoms with Gasteiger partial charge in [0.15, 0.2) is 0 Å². The van der Waals surface area contributed by atoms with E-state index in [1.54, 1.807) is 6.08 Å².